The van der Waals surface area contributed by atoms with Gasteiger partial charge < -0.3 is 18.7 Å². The standard InChI is InChI=1S/C44H49N3O9S2Si/c1-29-38(40-45-25-26-55-40)57-41-39(29)58(51,52)47(42(50)46(41)28-36(34-19-13-14-20-35(34)54-6)56-31-23-21-30(48)22-24-31)44(4,5)37(49)27-43(2,3)59(53,32-15-9-7-10-16-32)33-17-11-8-12-18-33/h7-20,25-26,31,36,53H,21-24,27-28H2,1-6H3/t36-/m0/s1. The van der Waals surface area contributed by atoms with Crippen molar-refractivity contribution in [3.63, 3.8) is 0 Å². The highest BCUT2D eigenvalue weighted by atomic mass is 32.2. The fourth-order valence-corrected chi connectivity index (χ4v) is 15.7. The van der Waals surface area contributed by atoms with Gasteiger partial charge >= 0.3 is 6.03 Å². The van der Waals surface area contributed by atoms with E-state index < -0.39 is 46.8 Å². The SMILES string of the molecule is COc1ccccc1[C@H](CN1C(=O)N(C(C)(C)C(=O)CC(C)(C)[Si](O)(c2ccccc2)c2ccccc2)S(=O)(=O)c2c1sc(-c1ncco1)c2C)OC1CCC(=O)CC1. The van der Waals surface area contributed by atoms with Crippen LogP contribution in [0.2, 0.25) is 5.04 Å². The Kier molecular flexibility index (Phi) is 11.6. The van der Waals surface area contributed by atoms with Crippen molar-refractivity contribution in [3.8, 4) is 16.5 Å². The molecule has 1 aliphatic carbocycles. The molecule has 1 fully saturated rings. The summed E-state index contributed by atoms with van der Waals surface area (Å²) in [7, 11) is -6.89. The second-order valence-electron chi connectivity index (χ2n) is 16.3. The molecule has 2 aliphatic rings. The van der Waals surface area contributed by atoms with E-state index in [2.05, 4.69) is 4.98 Å². The summed E-state index contributed by atoms with van der Waals surface area (Å²) in [6, 6.07) is 24.8. The number of carbonyl (C=O) groups excluding carboxylic acids is 3. The Labute approximate surface area is 350 Å². The normalized spacial score (nSPS) is 16.9. The van der Waals surface area contributed by atoms with Gasteiger partial charge in [0.25, 0.3) is 18.3 Å². The molecule has 1 N–H and O–H groups in total. The van der Waals surface area contributed by atoms with Gasteiger partial charge in [0.05, 0.1) is 30.8 Å². The van der Waals surface area contributed by atoms with Gasteiger partial charge in [-0.3, -0.25) is 14.5 Å². The summed E-state index contributed by atoms with van der Waals surface area (Å²) in [4.78, 5) is 61.2. The van der Waals surface area contributed by atoms with Crippen LogP contribution in [-0.2, 0) is 24.3 Å². The molecule has 15 heteroatoms. The van der Waals surface area contributed by atoms with Crippen LogP contribution >= 0.6 is 11.3 Å². The van der Waals surface area contributed by atoms with Gasteiger partial charge in [0, 0.05) is 24.8 Å². The summed E-state index contributed by atoms with van der Waals surface area (Å²) >= 11 is 1.06. The van der Waals surface area contributed by atoms with Gasteiger partial charge in [-0.05, 0) is 60.7 Å². The van der Waals surface area contributed by atoms with Crippen LogP contribution in [0.5, 0.6) is 5.75 Å². The van der Waals surface area contributed by atoms with Crippen LogP contribution in [0.3, 0.4) is 0 Å². The number of carbonyl (C=O) groups is 3. The van der Waals surface area contributed by atoms with Gasteiger partial charge in [0.1, 0.15) is 39.3 Å². The van der Waals surface area contributed by atoms with Crippen molar-refractivity contribution < 1.29 is 41.5 Å². The van der Waals surface area contributed by atoms with Crippen molar-refractivity contribution in [2.24, 2.45) is 0 Å². The van der Waals surface area contributed by atoms with Crippen molar-refractivity contribution in [3.05, 3.63) is 109 Å². The molecule has 0 saturated heterocycles. The van der Waals surface area contributed by atoms with Crippen LogP contribution < -0.4 is 20.0 Å². The van der Waals surface area contributed by atoms with Crippen molar-refractivity contribution >= 4 is 62.6 Å². The zero-order valence-electron chi connectivity index (χ0n) is 34.0. The van der Waals surface area contributed by atoms with E-state index in [1.807, 2.05) is 92.7 Å². The molecule has 12 nitrogen and oxygen atoms in total. The largest absolute Gasteiger partial charge is 0.496 e. The maximum absolute atomic E-state index is 15.2. The number of nitrogens with zero attached hydrogens (tertiary/aromatic N) is 3. The molecule has 5 aromatic rings. The minimum Gasteiger partial charge on any atom is -0.496 e. The summed E-state index contributed by atoms with van der Waals surface area (Å²) in [6.07, 6.45) is 3.17. The third-order valence-corrected chi connectivity index (χ3v) is 19.7. The van der Waals surface area contributed by atoms with E-state index in [1.165, 1.54) is 38.3 Å². The fraction of sp³-hybridized carbons (Fsp3) is 0.364. The number of methoxy groups -OCH3 is 1. The molecule has 0 unspecified atom stereocenters. The van der Waals surface area contributed by atoms with Crippen LogP contribution in [0.15, 0.2) is 107 Å². The highest BCUT2D eigenvalue weighted by Gasteiger charge is 2.57. The first-order valence-electron chi connectivity index (χ1n) is 19.6. The van der Waals surface area contributed by atoms with Gasteiger partial charge in [-0.25, -0.2) is 22.5 Å². The van der Waals surface area contributed by atoms with Crippen molar-refractivity contribution in [2.45, 2.75) is 94.4 Å². The number of urea groups is 1. The van der Waals surface area contributed by atoms with E-state index in [0.717, 1.165) is 11.3 Å². The monoisotopic (exact) mass is 855 g/mol. The number of benzene rings is 3. The van der Waals surface area contributed by atoms with Crippen LogP contribution in [0.4, 0.5) is 9.80 Å². The minimum atomic E-state index is -4.70. The first kappa shape index (κ1) is 42.2. The Balaban J connectivity index is 1.33. The number of hydrogen-bond donors (Lipinski definition) is 1. The van der Waals surface area contributed by atoms with Crippen LogP contribution in [0.1, 0.15) is 77.0 Å². The van der Waals surface area contributed by atoms with E-state index in [9.17, 15) is 14.4 Å². The molecule has 1 saturated carbocycles. The van der Waals surface area contributed by atoms with Crippen molar-refractivity contribution in [2.75, 3.05) is 18.6 Å². The zero-order valence-corrected chi connectivity index (χ0v) is 36.6. The van der Waals surface area contributed by atoms with E-state index in [0.29, 0.717) is 62.1 Å². The smallest absolute Gasteiger partial charge is 0.340 e. The predicted octanol–water partition coefficient (Wildman–Crippen LogP) is 7.19. The van der Waals surface area contributed by atoms with Crippen molar-refractivity contribution in [1.82, 2.24) is 9.29 Å². The van der Waals surface area contributed by atoms with E-state index in [-0.39, 0.29) is 40.6 Å². The lowest BCUT2D eigenvalue weighted by Gasteiger charge is -2.46. The fourth-order valence-electron chi connectivity index (χ4n) is 8.36. The van der Waals surface area contributed by atoms with Crippen molar-refractivity contribution in [1.29, 1.82) is 0 Å². The molecular formula is C44H49N3O9S2Si. The number of anilines is 1. The quantitative estimate of drug-likeness (QED) is 0.114. The number of sulfonamides is 1. The maximum atomic E-state index is 15.2. The van der Waals surface area contributed by atoms with Crippen LogP contribution in [0.25, 0.3) is 10.8 Å². The highest BCUT2D eigenvalue weighted by Crippen LogP contribution is 2.51. The first-order chi connectivity index (χ1) is 28.0. The maximum Gasteiger partial charge on any atom is 0.340 e. The predicted molar refractivity (Wildman–Crippen MR) is 228 cm³/mol. The summed E-state index contributed by atoms with van der Waals surface area (Å²) < 4.78 is 49.0. The van der Waals surface area contributed by atoms with Gasteiger partial charge in [-0.1, -0.05) is 92.7 Å². The molecule has 0 radical (unpaired) electrons. The number of amides is 2. The molecule has 7 rings (SSSR count). The number of ether oxygens (including phenoxy) is 2. The topological polar surface area (TPSA) is 157 Å². The molecule has 310 valence electrons. The molecule has 0 spiro atoms. The van der Waals surface area contributed by atoms with E-state index in [4.69, 9.17) is 13.9 Å². The van der Waals surface area contributed by atoms with Gasteiger partial charge in [0.2, 0.25) is 5.89 Å². The molecule has 59 heavy (non-hydrogen) atoms. The zero-order chi connectivity index (χ0) is 42.3. The highest BCUT2D eigenvalue weighted by molar-refractivity contribution is 7.90. The third-order valence-electron chi connectivity index (χ3n) is 11.7. The number of Topliss-reactive ketones (excluding diaryl/α,β-unsaturated/α-hetero) is 2. The number of aromatic nitrogens is 1. The lowest BCUT2D eigenvalue weighted by molar-refractivity contribution is -0.127. The van der Waals surface area contributed by atoms with E-state index in [1.54, 1.807) is 13.0 Å². The lowest BCUT2D eigenvalue weighted by atomic mass is 9.91. The lowest BCUT2D eigenvalue weighted by Crippen LogP contribution is -2.67. The van der Waals surface area contributed by atoms with E-state index >= 15 is 13.2 Å². The first-order valence-corrected chi connectivity index (χ1v) is 23.8. The number of thiophene rings is 1. The second kappa shape index (κ2) is 16.3. The Morgan fingerprint density at radius 3 is 2.14 bits per heavy atom. The summed E-state index contributed by atoms with van der Waals surface area (Å²) in [5.74, 6) is 0.300. The number of para-hydroxylation sites is 1. The molecule has 0 bridgehead atoms. The number of oxazole rings is 1. The molecule has 1 atom stereocenters. The third kappa shape index (κ3) is 7.59. The Morgan fingerprint density at radius 1 is 0.966 bits per heavy atom. The molecule has 3 aromatic carbocycles. The average molecular weight is 856 g/mol. The molecule has 3 heterocycles. The van der Waals surface area contributed by atoms with Gasteiger partial charge in [-0.15, -0.1) is 11.3 Å². The second-order valence-corrected chi connectivity index (χ2v) is 22.9. The number of rotatable bonds is 14. The van der Waals surface area contributed by atoms with Gasteiger partial charge in [-0.2, -0.15) is 0 Å². The Hall–Kier alpha value is -4.93. The Morgan fingerprint density at radius 2 is 1.56 bits per heavy atom. The Bertz CT molecular complexity index is 2400. The van der Waals surface area contributed by atoms with Gasteiger partial charge in [0.15, 0.2) is 5.78 Å². The molecule has 2 aromatic heterocycles. The number of hydrogen-bond acceptors (Lipinski definition) is 11. The average Bonchev–Trinajstić information content (AvgIpc) is 3.88. The summed E-state index contributed by atoms with van der Waals surface area (Å²) in [5, 5.41) is 0.435. The minimum absolute atomic E-state index is 0.137. The van der Waals surface area contributed by atoms with Crippen LogP contribution in [-0.4, -0.2) is 73.7 Å². The number of fused-ring (bicyclic) bond motifs is 1. The summed E-state index contributed by atoms with van der Waals surface area (Å²) in [6.45, 7) is 8.01. The molecule has 1 aliphatic heterocycles. The number of ketones is 2. The van der Waals surface area contributed by atoms with Crippen LogP contribution in [0, 0.1) is 6.92 Å². The molecule has 2 amide bonds. The molecular weight excluding hydrogens is 807 g/mol. The summed E-state index contributed by atoms with van der Waals surface area (Å²) in [5.41, 5.74) is -0.993.